The molecule has 7 heteroatoms. The number of halogens is 2. The number of aryl methyl sites for hydroxylation is 1. The molecule has 0 radical (unpaired) electrons. The van der Waals surface area contributed by atoms with Gasteiger partial charge in [0.25, 0.3) is 0 Å². The molecule has 3 N–H and O–H groups in total. The van der Waals surface area contributed by atoms with E-state index in [1.54, 1.807) is 18.3 Å². The van der Waals surface area contributed by atoms with Gasteiger partial charge in [-0.05, 0) is 42.8 Å². The molecule has 1 aromatic heterocycles. The molecule has 1 aliphatic rings. The number of nitrogens with one attached hydrogen (secondary N) is 3. The highest BCUT2D eigenvalue weighted by atomic mass is 19.3. The van der Waals surface area contributed by atoms with E-state index in [9.17, 15) is 8.78 Å². The molecule has 1 aromatic carbocycles. The lowest BCUT2D eigenvalue weighted by Gasteiger charge is -2.29. The van der Waals surface area contributed by atoms with Crippen LogP contribution in [0.25, 0.3) is 0 Å². The summed E-state index contributed by atoms with van der Waals surface area (Å²) in [7, 11) is 0. The minimum Gasteiger partial charge on any atom is -0.433 e. The third kappa shape index (κ3) is 4.11. The van der Waals surface area contributed by atoms with Crippen molar-refractivity contribution >= 4 is 17.2 Å². The van der Waals surface area contributed by atoms with Crippen molar-refractivity contribution in [3.63, 3.8) is 0 Å². The molecule has 132 valence electrons. The van der Waals surface area contributed by atoms with Crippen molar-refractivity contribution < 1.29 is 13.5 Å². The Morgan fingerprint density at radius 1 is 1.28 bits per heavy atom. The van der Waals surface area contributed by atoms with E-state index in [2.05, 4.69) is 20.4 Å². The molecule has 0 aliphatic carbocycles. The van der Waals surface area contributed by atoms with Crippen LogP contribution in [0.3, 0.4) is 0 Å². The first-order valence-corrected chi connectivity index (χ1v) is 8.02. The molecule has 1 fully saturated rings. The van der Waals surface area contributed by atoms with E-state index in [0.29, 0.717) is 24.1 Å². The summed E-state index contributed by atoms with van der Waals surface area (Å²) in [6, 6.07) is 8.10. The number of hydrogen-bond donors (Lipinski definition) is 3. The van der Waals surface area contributed by atoms with Gasteiger partial charge < -0.3 is 20.8 Å². The first-order valence-electron chi connectivity index (χ1n) is 8.02. The van der Waals surface area contributed by atoms with Gasteiger partial charge in [-0.25, -0.2) is 4.98 Å². The van der Waals surface area contributed by atoms with Crippen molar-refractivity contribution in [2.45, 2.75) is 20.0 Å². The van der Waals surface area contributed by atoms with Gasteiger partial charge in [-0.2, -0.15) is 8.78 Å². The number of hydrogen-bond acceptors (Lipinski definition) is 5. The highest BCUT2D eigenvalue weighted by Crippen LogP contribution is 2.27. The second kappa shape index (κ2) is 6.76. The molecular weight excluding hydrogens is 326 g/mol. The lowest BCUT2D eigenvalue weighted by atomic mass is 9.90. The Balaban J connectivity index is 1.81. The molecule has 0 amide bonds. The fourth-order valence-corrected chi connectivity index (χ4v) is 2.64. The van der Waals surface area contributed by atoms with Crippen LogP contribution < -0.4 is 15.4 Å². The van der Waals surface area contributed by atoms with Crippen molar-refractivity contribution in [1.82, 2.24) is 10.3 Å². The van der Waals surface area contributed by atoms with Crippen LogP contribution in [0, 0.1) is 18.3 Å². The second-order valence-electron chi connectivity index (χ2n) is 6.18. The number of ether oxygens (including phenoxy) is 1. The number of aromatic nitrogens is 1. The third-order valence-electron chi connectivity index (χ3n) is 4.03. The number of rotatable bonds is 6. The van der Waals surface area contributed by atoms with Crippen molar-refractivity contribution in [3.05, 3.63) is 47.7 Å². The smallest absolute Gasteiger partial charge is 0.394 e. The average molecular weight is 346 g/mol. The molecule has 0 bridgehead atoms. The maximum absolute atomic E-state index is 12.9. The highest BCUT2D eigenvalue weighted by molar-refractivity contribution is 6.06. The third-order valence-corrected chi connectivity index (χ3v) is 4.03. The molecule has 1 aliphatic heterocycles. The van der Waals surface area contributed by atoms with E-state index in [4.69, 9.17) is 5.41 Å². The van der Waals surface area contributed by atoms with E-state index >= 15 is 0 Å². The summed E-state index contributed by atoms with van der Waals surface area (Å²) in [5.74, 6) is 0.862. The summed E-state index contributed by atoms with van der Waals surface area (Å²) in [6.45, 7) is 4.24. The van der Waals surface area contributed by atoms with Crippen LogP contribution >= 0.6 is 0 Å². The quantitative estimate of drug-likeness (QED) is 0.698. The Morgan fingerprint density at radius 3 is 2.52 bits per heavy atom. The highest BCUT2D eigenvalue weighted by Gasteiger charge is 2.26. The minimum atomic E-state index is -3.22. The number of nitrogens with zero attached hydrogens (tertiary/aromatic N) is 1. The molecule has 0 atom stereocenters. The van der Waals surface area contributed by atoms with E-state index in [-0.39, 0.29) is 11.7 Å². The molecule has 0 saturated carbocycles. The fourth-order valence-electron chi connectivity index (χ4n) is 2.64. The Hall–Kier alpha value is -2.54. The van der Waals surface area contributed by atoms with Crippen LogP contribution in [0.1, 0.15) is 18.1 Å². The normalized spacial score (nSPS) is 14.7. The Bertz CT molecular complexity index is 768. The van der Waals surface area contributed by atoms with Crippen molar-refractivity contribution in [2.24, 2.45) is 5.92 Å². The summed E-state index contributed by atoms with van der Waals surface area (Å²) in [4.78, 5) is 4.35. The van der Waals surface area contributed by atoms with Gasteiger partial charge in [0.05, 0.1) is 0 Å². The summed E-state index contributed by atoms with van der Waals surface area (Å²) < 4.78 is 30.3. The van der Waals surface area contributed by atoms with E-state index in [1.165, 1.54) is 12.1 Å². The fraction of sp³-hybridized carbons (Fsp3) is 0.333. The molecule has 1 saturated heterocycles. The minimum absolute atomic E-state index is 0.0868. The predicted octanol–water partition coefficient (Wildman–Crippen LogP) is 3.71. The first-order chi connectivity index (χ1) is 11.8. The molecule has 5 nitrogen and oxygen atoms in total. The van der Waals surface area contributed by atoms with E-state index in [0.717, 1.165) is 24.2 Å². The standard InChI is InChI=1S/C18H20F2N4O/c1-11-7-8-23-17(15(11)16(21)12-9-22-10-12)24-13-3-5-14(6-4-13)25-18(2,19)20/h3-8,12,21-22H,9-10H2,1-2H3,(H,23,24). The lowest BCUT2D eigenvalue weighted by molar-refractivity contribution is -0.158. The van der Waals surface area contributed by atoms with Crippen LogP contribution in [0.2, 0.25) is 0 Å². The SMILES string of the molecule is Cc1ccnc(Nc2ccc(OC(C)(F)F)cc2)c1C(=N)C1CNC1. The van der Waals surface area contributed by atoms with Gasteiger partial charge in [0.2, 0.25) is 0 Å². The predicted molar refractivity (Wildman–Crippen MR) is 93.1 cm³/mol. The van der Waals surface area contributed by atoms with Crippen LogP contribution in [-0.4, -0.2) is 29.9 Å². The molecule has 3 rings (SSSR count). The average Bonchev–Trinajstić information content (AvgIpc) is 2.46. The van der Waals surface area contributed by atoms with Gasteiger partial charge in [0.15, 0.2) is 0 Å². The summed E-state index contributed by atoms with van der Waals surface area (Å²) in [6.07, 6.45) is -1.53. The second-order valence-corrected chi connectivity index (χ2v) is 6.18. The summed E-state index contributed by atoms with van der Waals surface area (Å²) in [5.41, 5.74) is 3.00. The number of anilines is 2. The van der Waals surface area contributed by atoms with Gasteiger partial charge >= 0.3 is 6.11 Å². The van der Waals surface area contributed by atoms with Crippen LogP contribution in [0.4, 0.5) is 20.3 Å². The number of benzene rings is 1. The topological polar surface area (TPSA) is 70.0 Å². The lowest BCUT2D eigenvalue weighted by Crippen LogP contribution is -2.46. The van der Waals surface area contributed by atoms with Crippen LogP contribution in [0.5, 0.6) is 5.75 Å². The molecule has 0 unspecified atom stereocenters. The zero-order valence-electron chi connectivity index (χ0n) is 14.1. The zero-order valence-corrected chi connectivity index (χ0v) is 14.1. The van der Waals surface area contributed by atoms with Crippen LogP contribution in [0.15, 0.2) is 36.5 Å². The van der Waals surface area contributed by atoms with Crippen molar-refractivity contribution in [1.29, 1.82) is 5.41 Å². The summed E-state index contributed by atoms with van der Waals surface area (Å²) >= 11 is 0. The molecule has 2 heterocycles. The number of alkyl halides is 2. The maximum atomic E-state index is 12.9. The van der Waals surface area contributed by atoms with E-state index < -0.39 is 6.11 Å². The maximum Gasteiger partial charge on any atom is 0.394 e. The monoisotopic (exact) mass is 346 g/mol. The molecular formula is C18H20F2N4O. The first kappa shape index (κ1) is 17.3. The molecule has 0 spiro atoms. The number of pyridine rings is 1. The van der Waals surface area contributed by atoms with Gasteiger partial charge in [-0.3, -0.25) is 0 Å². The van der Waals surface area contributed by atoms with Crippen molar-refractivity contribution in [2.75, 3.05) is 18.4 Å². The van der Waals surface area contributed by atoms with Gasteiger partial charge in [0.1, 0.15) is 11.6 Å². The van der Waals surface area contributed by atoms with Gasteiger partial charge in [-0.15, -0.1) is 0 Å². The molecule has 2 aromatic rings. The zero-order chi connectivity index (χ0) is 18.0. The van der Waals surface area contributed by atoms with E-state index in [1.807, 2.05) is 13.0 Å². The largest absolute Gasteiger partial charge is 0.433 e. The Labute approximate surface area is 144 Å². The van der Waals surface area contributed by atoms with Crippen LogP contribution in [-0.2, 0) is 0 Å². The summed E-state index contributed by atoms with van der Waals surface area (Å²) in [5, 5.41) is 14.8. The Kier molecular flexibility index (Phi) is 4.67. The van der Waals surface area contributed by atoms with Gasteiger partial charge in [-0.1, -0.05) is 0 Å². The van der Waals surface area contributed by atoms with Gasteiger partial charge in [0, 0.05) is 49.1 Å². The Morgan fingerprint density at radius 2 is 1.96 bits per heavy atom. The van der Waals surface area contributed by atoms with Crippen molar-refractivity contribution in [3.8, 4) is 5.75 Å². The molecule has 25 heavy (non-hydrogen) atoms.